The number of hydrogen-bond donors (Lipinski definition) is 3. The van der Waals surface area contributed by atoms with Crippen LogP contribution in [0.4, 0.5) is 4.79 Å². The van der Waals surface area contributed by atoms with E-state index in [0.29, 0.717) is 13.0 Å². The van der Waals surface area contributed by atoms with Crippen LogP contribution in [0.5, 0.6) is 5.75 Å². The molecule has 0 spiro atoms. The minimum Gasteiger partial charge on any atom is -0.488 e. The zero-order valence-electron chi connectivity index (χ0n) is 14.0. The SMILES string of the molecule is CC(CCCO)NC(=O)NCc1ccccc1OC(C)(C)C. The summed E-state index contributed by atoms with van der Waals surface area (Å²) >= 11 is 0. The Labute approximate surface area is 133 Å². The van der Waals surface area contributed by atoms with E-state index in [1.807, 2.05) is 52.0 Å². The summed E-state index contributed by atoms with van der Waals surface area (Å²) in [4.78, 5) is 11.9. The predicted octanol–water partition coefficient (Wildman–Crippen LogP) is 2.82. The molecular weight excluding hydrogens is 280 g/mol. The van der Waals surface area contributed by atoms with E-state index in [9.17, 15) is 4.79 Å². The zero-order chi connectivity index (χ0) is 16.6. The summed E-state index contributed by atoms with van der Waals surface area (Å²) in [5.74, 6) is 0.781. The molecule has 0 bridgehead atoms. The van der Waals surface area contributed by atoms with Crippen molar-refractivity contribution in [1.29, 1.82) is 0 Å². The second kappa shape index (κ2) is 8.63. The Morgan fingerprint density at radius 2 is 2.00 bits per heavy atom. The van der Waals surface area contributed by atoms with Crippen molar-refractivity contribution in [2.45, 2.75) is 58.7 Å². The van der Waals surface area contributed by atoms with Gasteiger partial charge in [-0.1, -0.05) is 18.2 Å². The van der Waals surface area contributed by atoms with Gasteiger partial charge in [-0.2, -0.15) is 0 Å². The van der Waals surface area contributed by atoms with Gasteiger partial charge in [-0.3, -0.25) is 0 Å². The zero-order valence-corrected chi connectivity index (χ0v) is 14.0. The van der Waals surface area contributed by atoms with Crippen molar-refractivity contribution in [3.05, 3.63) is 29.8 Å². The smallest absolute Gasteiger partial charge is 0.315 e. The Morgan fingerprint density at radius 1 is 1.32 bits per heavy atom. The monoisotopic (exact) mass is 308 g/mol. The van der Waals surface area contributed by atoms with Crippen LogP contribution in [0.25, 0.3) is 0 Å². The quantitative estimate of drug-likeness (QED) is 0.725. The number of para-hydroxylation sites is 1. The first kappa shape index (κ1) is 18.3. The van der Waals surface area contributed by atoms with E-state index in [1.165, 1.54) is 0 Å². The maximum absolute atomic E-state index is 11.9. The summed E-state index contributed by atoms with van der Waals surface area (Å²) in [5.41, 5.74) is 0.660. The van der Waals surface area contributed by atoms with Crippen LogP contribution in [-0.2, 0) is 6.54 Å². The number of carbonyl (C=O) groups is 1. The summed E-state index contributed by atoms with van der Waals surface area (Å²) in [6.07, 6.45) is 1.44. The average Bonchev–Trinajstić information content (AvgIpc) is 2.42. The van der Waals surface area contributed by atoms with Gasteiger partial charge in [0.1, 0.15) is 11.4 Å². The lowest BCUT2D eigenvalue weighted by Crippen LogP contribution is -2.40. The predicted molar refractivity (Wildman–Crippen MR) is 88.0 cm³/mol. The van der Waals surface area contributed by atoms with Crippen LogP contribution in [0.2, 0.25) is 0 Å². The number of carbonyl (C=O) groups excluding carboxylic acids is 1. The van der Waals surface area contributed by atoms with Crippen molar-refractivity contribution in [1.82, 2.24) is 10.6 Å². The molecule has 0 aliphatic rings. The van der Waals surface area contributed by atoms with Crippen LogP contribution < -0.4 is 15.4 Å². The van der Waals surface area contributed by atoms with Crippen molar-refractivity contribution in [3.63, 3.8) is 0 Å². The molecule has 0 saturated carbocycles. The van der Waals surface area contributed by atoms with Crippen LogP contribution >= 0.6 is 0 Å². The van der Waals surface area contributed by atoms with Gasteiger partial charge in [0.25, 0.3) is 0 Å². The molecule has 3 N–H and O–H groups in total. The molecule has 5 nitrogen and oxygen atoms in total. The van der Waals surface area contributed by atoms with Crippen LogP contribution in [0.1, 0.15) is 46.1 Å². The van der Waals surface area contributed by atoms with E-state index in [-0.39, 0.29) is 24.3 Å². The Kier molecular flexibility index (Phi) is 7.18. The molecule has 0 aliphatic heterocycles. The van der Waals surface area contributed by atoms with E-state index in [0.717, 1.165) is 17.7 Å². The topological polar surface area (TPSA) is 70.6 Å². The number of ether oxygens (including phenoxy) is 1. The number of aliphatic hydroxyl groups excluding tert-OH is 1. The molecule has 22 heavy (non-hydrogen) atoms. The first-order valence-electron chi connectivity index (χ1n) is 7.74. The maximum atomic E-state index is 11.9. The first-order valence-corrected chi connectivity index (χ1v) is 7.74. The molecule has 1 rings (SSSR count). The van der Waals surface area contributed by atoms with Crippen molar-refractivity contribution < 1.29 is 14.6 Å². The van der Waals surface area contributed by atoms with Crippen molar-refractivity contribution in [2.75, 3.05) is 6.61 Å². The van der Waals surface area contributed by atoms with E-state index in [2.05, 4.69) is 10.6 Å². The summed E-state index contributed by atoms with van der Waals surface area (Å²) < 4.78 is 5.90. The molecule has 0 aliphatic carbocycles. The molecule has 1 aromatic carbocycles. The molecule has 0 fully saturated rings. The Balaban J connectivity index is 2.52. The average molecular weight is 308 g/mol. The summed E-state index contributed by atoms with van der Waals surface area (Å²) in [6.45, 7) is 8.45. The third kappa shape index (κ3) is 7.31. The van der Waals surface area contributed by atoms with Gasteiger partial charge in [0, 0.05) is 24.8 Å². The summed E-state index contributed by atoms with van der Waals surface area (Å²) in [7, 11) is 0. The first-order chi connectivity index (χ1) is 10.3. The minimum absolute atomic E-state index is 0.0354. The third-order valence-electron chi connectivity index (χ3n) is 3.00. The fraction of sp³-hybridized carbons (Fsp3) is 0.588. The van der Waals surface area contributed by atoms with Crippen molar-refractivity contribution in [3.8, 4) is 5.75 Å². The van der Waals surface area contributed by atoms with E-state index >= 15 is 0 Å². The molecule has 1 unspecified atom stereocenters. The molecule has 5 heteroatoms. The van der Waals surface area contributed by atoms with E-state index < -0.39 is 0 Å². The Bertz CT molecular complexity index is 469. The van der Waals surface area contributed by atoms with Gasteiger partial charge in [0.2, 0.25) is 0 Å². The van der Waals surface area contributed by atoms with Crippen molar-refractivity contribution >= 4 is 6.03 Å². The standard InChI is InChI=1S/C17H28N2O3/c1-13(8-7-11-20)19-16(21)18-12-14-9-5-6-10-15(14)22-17(2,3)4/h5-6,9-10,13,20H,7-8,11-12H2,1-4H3,(H2,18,19,21). The van der Waals surface area contributed by atoms with Crippen molar-refractivity contribution in [2.24, 2.45) is 0 Å². The van der Waals surface area contributed by atoms with Crippen LogP contribution in [0.3, 0.4) is 0 Å². The number of benzene rings is 1. The number of amides is 2. The molecule has 0 heterocycles. The molecule has 124 valence electrons. The lowest BCUT2D eigenvalue weighted by Gasteiger charge is -2.23. The summed E-state index contributed by atoms with van der Waals surface area (Å²) in [6, 6.07) is 7.51. The van der Waals surface area contributed by atoms with Gasteiger partial charge < -0.3 is 20.5 Å². The molecule has 0 radical (unpaired) electrons. The molecule has 2 amide bonds. The van der Waals surface area contributed by atoms with Gasteiger partial charge in [-0.15, -0.1) is 0 Å². The third-order valence-corrected chi connectivity index (χ3v) is 3.00. The molecule has 0 aromatic heterocycles. The highest BCUT2D eigenvalue weighted by Crippen LogP contribution is 2.22. The van der Waals surface area contributed by atoms with Gasteiger partial charge in [-0.25, -0.2) is 4.79 Å². The maximum Gasteiger partial charge on any atom is 0.315 e. The highest BCUT2D eigenvalue weighted by Gasteiger charge is 2.14. The fourth-order valence-electron chi connectivity index (χ4n) is 2.00. The lowest BCUT2D eigenvalue weighted by molar-refractivity contribution is 0.129. The van der Waals surface area contributed by atoms with Gasteiger partial charge in [0.15, 0.2) is 0 Å². The van der Waals surface area contributed by atoms with Crippen LogP contribution in [0, 0.1) is 0 Å². The molecule has 1 atom stereocenters. The van der Waals surface area contributed by atoms with Crippen LogP contribution in [-0.4, -0.2) is 29.4 Å². The number of hydrogen-bond acceptors (Lipinski definition) is 3. The number of nitrogens with one attached hydrogen (secondary N) is 2. The van der Waals surface area contributed by atoms with Crippen LogP contribution in [0.15, 0.2) is 24.3 Å². The van der Waals surface area contributed by atoms with Gasteiger partial charge in [0.05, 0.1) is 0 Å². The van der Waals surface area contributed by atoms with E-state index in [1.54, 1.807) is 0 Å². The fourth-order valence-corrected chi connectivity index (χ4v) is 2.00. The number of aliphatic hydroxyl groups is 1. The van der Waals surface area contributed by atoms with Gasteiger partial charge in [-0.05, 0) is 46.6 Å². The molecular formula is C17H28N2O3. The summed E-state index contributed by atoms with van der Waals surface area (Å²) in [5, 5.41) is 14.5. The largest absolute Gasteiger partial charge is 0.488 e. The number of rotatable bonds is 7. The second-order valence-corrected chi connectivity index (χ2v) is 6.42. The normalized spacial score (nSPS) is 12.6. The molecule has 1 aromatic rings. The minimum atomic E-state index is -0.281. The highest BCUT2D eigenvalue weighted by molar-refractivity contribution is 5.74. The Morgan fingerprint density at radius 3 is 2.64 bits per heavy atom. The highest BCUT2D eigenvalue weighted by atomic mass is 16.5. The van der Waals surface area contributed by atoms with Gasteiger partial charge >= 0.3 is 6.03 Å². The molecule has 0 saturated heterocycles. The lowest BCUT2D eigenvalue weighted by atomic mass is 10.1. The second-order valence-electron chi connectivity index (χ2n) is 6.42. The van der Waals surface area contributed by atoms with E-state index in [4.69, 9.17) is 9.84 Å². The number of urea groups is 1. The Hall–Kier alpha value is -1.75.